The summed E-state index contributed by atoms with van der Waals surface area (Å²) in [6, 6.07) is 6.41. The Morgan fingerprint density at radius 1 is 1.26 bits per heavy atom. The Kier molecular flexibility index (Phi) is 2.45. The van der Waals surface area contributed by atoms with Crippen molar-refractivity contribution in [2.24, 2.45) is 5.92 Å². The van der Waals surface area contributed by atoms with Crippen LogP contribution >= 0.6 is 0 Å². The topological polar surface area (TPSA) is 52.5 Å². The Morgan fingerprint density at radius 2 is 2.16 bits per heavy atom. The third-order valence-electron chi connectivity index (χ3n) is 5.70. The molecule has 0 unspecified atom stereocenters. The molecule has 1 heterocycles. The van der Waals surface area contributed by atoms with Crippen LogP contribution in [0.1, 0.15) is 36.8 Å². The average molecular weight is 259 g/mol. The van der Waals surface area contributed by atoms with Crippen molar-refractivity contribution in [1.29, 1.82) is 0 Å². The van der Waals surface area contributed by atoms with E-state index in [0.29, 0.717) is 17.7 Å². The monoisotopic (exact) mass is 259 g/mol. The van der Waals surface area contributed by atoms with Gasteiger partial charge in [0.05, 0.1) is 6.10 Å². The zero-order valence-corrected chi connectivity index (χ0v) is 11.1. The molecule has 3 aliphatic rings. The summed E-state index contributed by atoms with van der Waals surface area (Å²) in [5.74, 6) is 1.06. The normalized spacial score (nSPS) is 40.4. The largest absolute Gasteiger partial charge is 0.508 e. The summed E-state index contributed by atoms with van der Waals surface area (Å²) in [5.41, 5.74) is 2.53. The van der Waals surface area contributed by atoms with Crippen LogP contribution in [-0.2, 0) is 11.8 Å². The highest BCUT2D eigenvalue weighted by Crippen LogP contribution is 2.54. The lowest BCUT2D eigenvalue weighted by Gasteiger charge is -2.56. The van der Waals surface area contributed by atoms with Gasteiger partial charge in [-0.2, -0.15) is 0 Å². The Bertz CT molecular complexity index is 515. The maximum absolute atomic E-state index is 10.2. The van der Waals surface area contributed by atoms with E-state index >= 15 is 0 Å². The van der Waals surface area contributed by atoms with E-state index in [0.717, 1.165) is 44.2 Å². The lowest BCUT2D eigenvalue weighted by Crippen LogP contribution is -2.61. The summed E-state index contributed by atoms with van der Waals surface area (Å²) < 4.78 is 0. The predicted octanol–water partition coefficient (Wildman–Crippen LogP) is 1.71. The van der Waals surface area contributed by atoms with E-state index in [4.69, 9.17) is 0 Å². The molecule has 0 spiro atoms. The van der Waals surface area contributed by atoms with E-state index in [1.54, 1.807) is 6.07 Å². The van der Waals surface area contributed by atoms with Crippen molar-refractivity contribution < 1.29 is 10.2 Å². The van der Waals surface area contributed by atoms with Crippen molar-refractivity contribution >= 4 is 0 Å². The van der Waals surface area contributed by atoms with Crippen molar-refractivity contribution in [3.05, 3.63) is 29.3 Å². The van der Waals surface area contributed by atoms with Crippen LogP contribution in [0.15, 0.2) is 18.2 Å². The zero-order valence-electron chi connectivity index (χ0n) is 11.1. The maximum Gasteiger partial charge on any atom is 0.119 e. The second-order valence-corrected chi connectivity index (χ2v) is 6.52. The fourth-order valence-electron chi connectivity index (χ4n) is 4.95. The Balaban J connectivity index is 1.91. The van der Waals surface area contributed by atoms with Crippen molar-refractivity contribution in [3.63, 3.8) is 0 Å². The molecule has 1 saturated carbocycles. The van der Waals surface area contributed by atoms with E-state index in [1.807, 2.05) is 6.07 Å². The van der Waals surface area contributed by atoms with E-state index in [1.165, 1.54) is 5.56 Å². The van der Waals surface area contributed by atoms with Crippen LogP contribution < -0.4 is 5.32 Å². The van der Waals surface area contributed by atoms with E-state index < -0.39 is 0 Å². The number of aromatic hydroxyl groups is 1. The highest BCUT2D eigenvalue weighted by atomic mass is 16.3. The Hall–Kier alpha value is -1.06. The van der Waals surface area contributed by atoms with Crippen LogP contribution in [0.5, 0.6) is 5.75 Å². The Labute approximate surface area is 113 Å². The summed E-state index contributed by atoms with van der Waals surface area (Å²) in [5, 5.41) is 24.0. The van der Waals surface area contributed by atoms with Gasteiger partial charge in [-0.05, 0) is 61.8 Å². The predicted molar refractivity (Wildman–Crippen MR) is 73.2 cm³/mol. The summed E-state index contributed by atoms with van der Waals surface area (Å²) in [7, 11) is 0. The van der Waals surface area contributed by atoms with Crippen molar-refractivity contribution in [1.82, 2.24) is 5.32 Å². The number of rotatable bonds is 0. The van der Waals surface area contributed by atoms with Gasteiger partial charge in [-0.1, -0.05) is 12.1 Å². The summed E-state index contributed by atoms with van der Waals surface area (Å²) in [6.07, 6.45) is 4.74. The Morgan fingerprint density at radius 3 is 3.05 bits per heavy atom. The molecule has 0 amide bonds. The number of phenols is 1. The molecule has 2 aliphatic carbocycles. The van der Waals surface area contributed by atoms with Crippen LogP contribution in [0.2, 0.25) is 0 Å². The first-order valence-corrected chi connectivity index (χ1v) is 7.43. The van der Waals surface area contributed by atoms with Gasteiger partial charge in [0, 0.05) is 11.5 Å². The molecule has 1 aliphatic heterocycles. The minimum Gasteiger partial charge on any atom is -0.508 e. The second kappa shape index (κ2) is 3.97. The SMILES string of the molecule is Oc1cccc2c1C[C@H]1NCC[C@@]23C[C@H](O)CC[C@@H]13. The molecule has 0 aromatic heterocycles. The number of aliphatic hydroxyl groups is 1. The quantitative estimate of drug-likeness (QED) is 0.665. The molecule has 1 saturated heterocycles. The zero-order chi connectivity index (χ0) is 13.0. The van der Waals surface area contributed by atoms with Crippen molar-refractivity contribution in [2.45, 2.75) is 49.7 Å². The molecule has 1 aromatic carbocycles. The first-order chi connectivity index (χ1) is 9.21. The molecule has 3 nitrogen and oxygen atoms in total. The standard InChI is InChI=1S/C16H21NO2/c18-10-4-5-13-14-8-11-12(2-1-3-15(11)19)16(13,9-10)6-7-17-14/h1-3,10,13-14,17-19H,4-9H2/t10-,13+,14-,16-/m1/s1. The smallest absolute Gasteiger partial charge is 0.119 e. The summed E-state index contributed by atoms with van der Waals surface area (Å²) in [4.78, 5) is 0. The minimum absolute atomic E-state index is 0.0971. The lowest BCUT2D eigenvalue weighted by atomic mass is 9.52. The molecule has 3 heteroatoms. The molecule has 2 fully saturated rings. The molecular weight excluding hydrogens is 238 g/mol. The highest BCUT2D eigenvalue weighted by molar-refractivity contribution is 5.48. The van der Waals surface area contributed by atoms with Gasteiger partial charge >= 0.3 is 0 Å². The fourth-order valence-corrected chi connectivity index (χ4v) is 4.95. The van der Waals surface area contributed by atoms with Gasteiger partial charge in [-0.3, -0.25) is 0 Å². The summed E-state index contributed by atoms with van der Waals surface area (Å²) in [6.45, 7) is 1.03. The fraction of sp³-hybridized carbons (Fsp3) is 0.625. The maximum atomic E-state index is 10.2. The number of piperidine rings is 1. The van der Waals surface area contributed by atoms with Gasteiger partial charge in [-0.25, -0.2) is 0 Å². The van der Waals surface area contributed by atoms with E-state index in [2.05, 4.69) is 11.4 Å². The highest BCUT2D eigenvalue weighted by Gasteiger charge is 2.53. The van der Waals surface area contributed by atoms with E-state index in [-0.39, 0.29) is 11.5 Å². The number of aliphatic hydroxyl groups excluding tert-OH is 1. The molecule has 4 rings (SSSR count). The van der Waals surface area contributed by atoms with Gasteiger partial charge in [0.15, 0.2) is 0 Å². The van der Waals surface area contributed by atoms with Gasteiger partial charge in [0.25, 0.3) is 0 Å². The van der Waals surface area contributed by atoms with Gasteiger partial charge in [0.1, 0.15) is 5.75 Å². The molecule has 2 bridgehead atoms. The third-order valence-corrected chi connectivity index (χ3v) is 5.70. The van der Waals surface area contributed by atoms with Gasteiger partial charge in [-0.15, -0.1) is 0 Å². The van der Waals surface area contributed by atoms with Gasteiger partial charge < -0.3 is 15.5 Å². The third kappa shape index (κ3) is 1.52. The first kappa shape index (κ1) is 11.7. The number of hydrogen-bond donors (Lipinski definition) is 3. The number of benzene rings is 1. The minimum atomic E-state index is -0.178. The van der Waals surface area contributed by atoms with E-state index in [9.17, 15) is 10.2 Å². The second-order valence-electron chi connectivity index (χ2n) is 6.52. The molecule has 1 aromatic rings. The molecule has 4 atom stereocenters. The average Bonchev–Trinajstić information content (AvgIpc) is 2.39. The number of fused-ring (bicyclic) bond motifs is 1. The van der Waals surface area contributed by atoms with Gasteiger partial charge in [0.2, 0.25) is 0 Å². The summed E-state index contributed by atoms with van der Waals surface area (Å²) >= 11 is 0. The van der Waals surface area contributed by atoms with Crippen LogP contribution in [0.3, 0.4) is 0 Å². The molecule has 102 valence electrons. The molecule has 0 radical (unpaired) electrons. The number of hydrogen-bond acceptors (Lipinski definition) is 3. The first-order valence-electron chi connectivity index (χ1n) is 7.43. The number of phenolic OH excluding ortho intramolecular Hbond substituents is 1. The molecule has 3 N–H and O–H groups in total. The molecule has 19 heavy (non-hydrogen) atoms. The van der Waals surface area contributed by atoms with Crippen molar-refractivity contribution in [3.8, 4) is 5.75 Å². The van der Waals surface area contributed by atoms with Crippen LogP contribution in [-0.4, -0.2) is 28.9 Å². The van der Waals surface area contributed by atoms with Crippen LogP contribution in [0.25, 0.3) is 0 Å². The van der Waals surface area contributed by atoms with Crippen LogP contribution in [0.4, 0.5) is 0 Å². The van der Waals surface area contributed by atoms with Crippen molar-refractivity contribution in [2.75, 3.05) is 6.54 Å². The molecular formula is C16H21NO2. The van der Waals surface area contributed by atoms with Crippen LogP contribution in [0, 0.1) is 5.92 Å². The number of nitrogens with one attached hydrogen (secondary N) is 1. The lowest BCUT2D eigenvalue weighted by molar-refractivity contribution is 0.00342.